The molecule has 2 aromatic carbocycles. The molecule has 0 spiro atoms. The number of hydrogen-bond acceptors (Lipinski definition) is 1. The van der Waals surface area contributed by atoms with E-state index in [1.54, 1.807) is 0 Å². The van der Waals surface area contributed by atoms with Crippen LogP contribution in [0.2, 0.25) is 0 Å². The molecule has 0 saturated heterocycles. The first-order valence-electron chi connectivity index (χ1n) is 8.36. The van der Waals surface area contributed by atoms with Crippen molar-refractivity contribution in [2.75, 3.05) is 11.9 Å². The van der Waals surface area contributed by atoms with Crippen LogP contribution >= 0.6 is 0 Å². The van der Waals surface area contributed by atoms with Crippen molar-refractivity contribution in [3.05, 3.63) is 72.9 Å². The topological polar surface area (TPSA) is 20.5 Å². The van der Waals surface area contributed by atoms with Crippen molar-refractivity contribution in [1.82, 2.24) is 4.40 Å². The summed E-state index contributed by atoms with van der Waals surface area (Å²) in [6, 6.07) is 23.9. The van der Waals surface area contributed by atoms with Crippen LogP contribution in [-0.4, -0.2) is 10.9 Å². The Bertz CT molecular complexity index is 1220. The van der Waals surface area contributed by atoms with Crippen LogP contribution in [0.4, 0.5) is 5.69 Å². The van der Waals surface area contributed by atoms with Crippen molar-refractivity contribution < 1.29 is 28.4 Å². The van der Waals surface area contributed by atoms with Crippen LogP contribution in [0.5, 0.6) is 0 Å². The predicted octanol–water partition coefficient (Wildman–Crippen LogP) is 1.42. The standard InChI is InChI=1S/C21H18N3.HI/c1-2-22-17-9-11-20-16(13-17)7-10-18-14-23-19-6-4-3-5-15(19)8-12-21(23)24(18)20;/h3-14,22H,2H2,1H3;1H/q+1;/p-1. The summed E-state index contributed by atoms with van der Waals surface area (Å²) in [6.45, 7) is 3.05. The van der Waals surface area contributed by atoms with E-state index in [1.165, 1.54) is 38.7 Å². The van der Waals surface area contributed by atoms with E-state index in [0.29, 0.717) is 0 Å². The highest BCUT2D eigenvalue weighted by atomic mass is 127. The van der Waals surface area contributed by atoms with Crippen molar-refractivity contribution in [3.8, 4) is 0 Å². The Morgan fingerprint density at radius 2 is 1.76 bits per heavy atom. The molecule has 0 saturated carbocycles. The number of halogens is 1. The molecule has 0 aliphatic carbocycles. The van der Waals surface area contributed by atoms with Gasteiger partial charge in [0.15, 0.2) is 5.52 Å². The van der Waals surface area contributed by atoms with Crippen LogP contribution in [0.25, 0.3) is 33.0 Å². The van der Waals surface area contributed by atoms with Gasteiger partial charge in [0.1, 0.15) is 17.2 Å². The third kappa shape index (κ3) is 2.43. The van der Waals surface area contributed by atoms with Crippen LogP contribution in [0.1, 0.15) is 6.92 Å². The minimum Gasteiger partial charge on any atom is -1.00 e. The lowest BCUT2D eigenvalue weighted by atomic mass is 10.2. The van der Waals surface area contributed by atoms with Gasteiger partial charge in [0, 0.05) is 29.1 Å². The number of para-hydroxylation sites is 1. The number of aromatic nitrogens is 2. The average molecular weight is 439 g/mol. The van der Waals surface area contributed by atoms with Gasteiger partial charge in [0.05, 0.1) is 0 Å². The van der Waals surface area contributed by atoms with Crippen LogP contribution in [0, 0.1) is 0 Å². The highest BCUT2D eigenvalue weighted by Gasteiger charge is 2.16. The molecule has 5 rings (SSSR count). The van der Waals surface area contributed by atoms with Crippen molar-refractivity contribution in [2.45, 2.75) is 6.92 Å². The minimum absolute atomic E-state index is 0. The molecule has 0 atom stereocenters. The smallest absolute Gasteiger partial charge is 0.292 e. The summed E-state index contributed by atoms with van der Waals surface area (Å²) in [7, 11) is 0. The van der Waals surface area contributed by atoms with Gasteiger partial charge >= 0.3 is 0 Å². The Morgan fingerprint density at radius 3 is 2.64 bits per heavy atom. The maximum absolute atomic E-state index is 3.39. The number of hydrogen-bond donors (Lipinski definition) is 1. The van der Waals surface area contributed by atoms with Gasteiger partial charge in [0.2, 0.25) is 0 Å². The first-order chi connectivity index (χ1) is 11.8. The average Bonchev–Trinajstić information content (AvgIpc) is 3.01. The van der Waals surface area contributed by atoms with Crippen LogP contribution in [0.15, 0.2) is 72.9 Å². The fourth-order valence-electron chi connectivity index (χ4n) is 3.62. The number of imidazole rings is 1. The molecule has 1 N–H and O–H groups in total. The Hall–Kier alpha value is -2.34. The third-order valence-electron chi connectivity index (χ3n) is 4.69. The summed E-state index contributed by atoms with van der Waals surface area (Å²) >= 11 is 0. The van der Waals surface area contributed by atoms with E-state index >= 15 is 0 Å². The molecule has 0 fully saturated rings. The molecule has 4 heteroatoms. The molecule has 25 heavy (non-hydrogen) atoms. The number of nitrogens with zero attached hydrogens (tertiary/aromatic N) is 2. The van der Waals surface area contributed by atoms with E-state index in [0.717, 1.165) is 6.54 Å². The summed E-state index contributed by atoms with van der Waals surface area (Å²) in [5.41, 5.74) is 6.02. The van der Waals surface area contributed by atoms with Gasteiger partial charge in [-0.3, -0.25) is 0 Å². The van der Waals surface area contributed by atoms with Crippen molar-refractivity contribution >= 4 is 38.7 Å². The number of pyridine rings is 2. The van der Waals surface area contributed by atoms with Gasteiger partial charge in [-0.15, -0.1) is 0 Å². The van der Waals surface area contributed by atoms with Gasteiger partial charge in [-0.1, -0.05) is 18.2 Å². The second-order valence-corrected chi connectivity index (χ2v) is 6.15. The van der Waals surface area contributed by atoms with Gasteiger partial charge < -0.3 is 29.3 Å². The Balaban J connectivity index is 0.00000157. The zero-order valence-electron chi connectivity index (χ0n) is 13.9. The highest BCUT2D eigenvalue weighted by Crippen LogP contribution is 2.23. The lowest BCUT2D eigenvalue weighted by Gasteiger charge is -2.04. The minimum atomic E-state index is 0. The number of benzene rings is 2. The second-order valence-electron chi connectivity index (χ2n) is 6.15. The summed E-state index contributed by atoms with van der Waals surface area (Å²) in [4.78, 5) is 0. The molecular formula is C21H18IN3. The van der Waals surface area contributed by atoms with E-state index < -0.39 is 0 Å². The van der Waals surface area contributed by atoms with Crippen LogP contribution < -0.4 is 33.7 Å². The normalized spacial score (nSPS) is 11.2. The molecule has 5 aromatic rings. The molecule has 3 heterocycles. The molecule has 0 aliphatic heterocycles. The molecular weight excluding hydrogens is 421 g/mol. The Morgan fingerprint density at radius 1 is 0.920 bits per heavy atom. The number of rotatable bonds is 2. The summed E-state index contributed by atoms with van der Waals surface area (Å²) in [6.07, 6.45) is 2.22. The SMILES string of the molecule is CCNc1ccc2c(ccc3c[n+]4c5ccccc5ccc4n32)c1.[I-]. The first-order valence-corrected chi connectivity index (χ1v) is 8.36. The van der Waals surface area contributed by atoms with Crippen LogP contribution in [-0.2, 0) is 0 Å². The lowest BCUT2D eigenvalue weighted by molar-refractivity contribution is -0.479. The third-order valence-corrected chi connectivity index (χ3v) is 4.69. The van der Waals surface area contributed by atoms with E-state index in [1.807, 2.05) is 0 Å². The van der Waals surface area contributed by atoms with Gasteiger partial charge in [-0.05, 0) is 49.4 Å². The van der Waals surface area contributed by atoms with Crippen LogP contribution in [0.3, 0.4) is 0 Å². The molecule has 0 aliphatic rings. The second kappa shape index (κ2) is 6.19. The molecule has 0 unspecified atom stereocenters. The zero-order chi connectivity index (χ0) is 16.1. The number of nitrogens with one attached hydrogen (secondary N) is 1. The van der Waals surface area contributed by atoms with E-state index in [9.17, 15) is 0 Å². The molecule has 3 nitrogen and oxygen atoms in total. The van der Waals surface area contributed by atoms with Gasteiger partial charge in [0.25, 0.3) is 5.65 Å². The first kappa shape index (κ1) is 16.1. The zero-order valence-corrected chi connectivity index (χ0v) is 16.1. The molecule has 0 amide bonds. The number of fused-ring (bicyclic) bond motifs is 7. The Kier molecular flexibility index (Phi) is 4.00. The van der Waals surface area contributed by atoms with Crippen molar-refractivity contribution in [1.29, 1.82) is 0 Å². The molecule has 0 bridgehead atoms. The highest BCUT2D eigenvalue weighted by molar-refractivity contribution is 5.88. The van der Waals surface area contributed by atoms with Gasteiger partial charge in [-0.2, -0.15) is 8.80 Å². The van der Waals surface area contributed by atoms with Gasteiger partial charge in [-0.25, -0.2) is 0 Å². The maximum Gasteiger partial charge on any atom is 0.292 e. The van der Waals surface area contributed by atoms with E-state index in [-0.39, 0.29) is 24.0 Å². The summed E-state index contributed by atoms with van der Waals surface area (Å²) < 4.78 is 4.61. The molecule has 3 aromatic heterocycles. The van der Waals surface area contributed by atoms with E-state index in [4.69, 9.17) is 0 Å². The van der Waals surface area contributed by atoms with Crippen molar-refractivity contribution in [3.63, 3.8) is 0 Å². The summed E-state index contributed by atoms with van der Waals surface area (Å²) in [5, 5.41) is 5.89. The molecule has 0 radical (unpaired) electrons. The number of anilines is 1. The quantitative estimate of drug-likeness (QED) is 0.326. The fraction of sp³-hybridized carbons (Fsp3) is 0.0952. The monoisotopic (exact) mass is 439 g/mol. The maximum atomic E-state index is 3.39. The fourth-order valence-corrected chi connectivity index (χ4v) is 3.62. The largest absolute Gasteiger partial charge is 1.00 e. The summed E-state index contributed by atoms with van der Waals surface area (Å²) in [5.74, 6) is 0. The lowest BCUT2D eigenvalue weighted by Crippen LogP contribution is -3.00. The Labute approximate surface area is 162 Å². The van der Waals surface area contributed by atoms with Crippen molar-refractivity contribution in [2.24, 2.45) is 0 Å². The molecule has 124 valence electrons. The predicted molar refractivity (Wildman–Crippen MR) is 99.7 cm³/mol. The van der Waals surface area contributed by atoms with E-state index in [2.05, 4.69) is 94.0 Å².